The van der Waals surface area contributed by atoms with Crippen LogP contribution in [0.25, 0.3) is 10.2 Å². The summed E-state index contributed by atoms with van der Waals surface area (Å²) in [4.78, 5) is 15.3. The molecule has 21 heavy (non-hydrogen) atoms. The topological polar surface area (TPSA) is 82.5 Å². The van der Waals surface area contributed by atoms with Crippen LogP contribution in [-0.4, -0.2) is 21.2 Å². The van der Waals surface area contributed by atoms with E-state index in [-0.39, 0.29) is 11.3 Å². The Morgan fingerprint density at radius 2 is 2.05 bits per heavy atom. The summed E-state index contributed by atoms with van der Waals surface area (Å²) < 4.78 is 1.05. The summed E-state index contributed by atoms with van der Waals surface area (Å²) in [5, 5.41) is 22.4. The number of carboxylic acid groups (broad SMARTS) is 1. The normalized spacial score (nSPS) is 10.7. The second-order valence-electron chi connectivity index (χ2n) is 4.65. The Labute approximate surface area is 124 Å². The number of aryl methyl sites for hydroxylation is 1. The van der Waals surface area contributed by atoms with Gasteiger partial charge in [-0.15, -0.1) is 0 Å². The average molecular weight is 300 g/mol. The third-order valence-corrected chi connectivity index (χ3v) is 3.96. The number of aromatic carboxylic acids is 1. The fraction of sp³-hybridized carbons (Fsp3) is 0.0667. The molecule has 6 heteroatoms. The van der Waals surface area contributed by atoms with Crippen LogP contribution < -0.4 is 5.32 Å². The summed E-state index contributed by atoms with van der Waals surface area (Å²) >= 11 is 1.48. The maximum Gasteiger partial charge on any atom is 0.335 e. The molecule has 5 nitrogen and oxygen atoms in total. The van der Waals surface area contributed by atoms with Crippen molar-refractivity contribution in [2.24, 2.45) is 0 Å². The lowest BCUT2D eigenvalue weighted by atomic mass is 10.2. The van der Waals surface area contributed by atoms with Crippen LogP contribution in [0.15, 0.2) is 36.4 Å². The Morgan fingerprint density at radius 1 is 1.24 bits per heavy atom. The summed E-state index contributed by atoms with van der Waals surface area (Å²) in [7, 11) is 0. The largest absolute Gasteiger partial charge is 0.506 e. The highest BCUT2D eigenvalue weighted by Crippen LogP contribution is 2.32. The Bertz CT molecular complexity index is 842. The van der Waals surface area contributed by atoms with E-state index >= 15 is 0 Å². The van der Waals surface area contributed by atoms with E-state index in [4.69, 9.17) is 5.11 Å². The predicted molar refractivity (Wildman–Crippen MR) is 82.7 cm³/mol. The number of hydrogen-bond acceptors (Lipinski definition) is 5. The van der Waals surface area contributed by atoms with Crippen LogP contribution in [0.5, 0.6) is 5.75 Å². The molecule has 0 atom stereocenters. The molecule has 0 spiro atoms. The summed E-state index contributed by atoms with van der Waals surface area (Å²) in [5.41, 5.74) is 2.51. The Kier molecular flexibility index (Phi) is 3.23. The molecule has 3 N–H and O–H groups in total. The van der Waals surface area contributed by atoms with Gasteiger partial charge in [0.2, 0.25) is 0 Å². The van der Waals surface area contributed by atoms with E-state index in [0.29, 0.717) is 10.8 Å². The first-order chi connectivity index (χ1) is 10.0. The summed E-state index contributed by atoms with van der Waals surface area (Å²) in [6, 6.07) is 10.1. The minimum absolute atomic E-state index is 0.0398. The lowest BCUT2D eigenvalue weighted by Crippen LogP contribution is -1.97. The van der Waals surface area contributed by atoms with Gasteiger partial charge in [0.15, 0.2) is 5.13 Å². The van der Waals surface area contributed by atoms with Crippen molar-refractivity contribution in [1.29, 1.82) is 0 Å². The first-order valence-electron chi connectivity index (χ1n) is 6.23. The number of phenolic OH excluding ortho intramolecular Hbond substituents is 1. The van der Waals surface area contributed by atoms with Crippen molar-refractivity contribution in [3.63, 3.8) is 0 Å². The van der Waals surface area contributed by atoms with E-state index in [1.807, 2.05) is 25.1 Å². The lowest BCUT2D eigenvalue weighted by molar-refractivity contribution is 0.0696. The van der Waals surface area contributed by atoms with Gasteiger partial charge in [0.25, 0.3) is 0 Å². The quantitative estimate of drug-likeness (QED) is 0.642. The smallest absolute Gasteiger partial charge is 0.335 e. The summed E-state index contributed by atoms with van der Waals surface area (Å²) in [6.07, 6.45) is 0. The standard InChI is InChI=1S/C15H12N2O3S/c1-8-2-4-11-13(6-8)21-15(17-11)16-10-5-3-9(14(19)20)7-12(10)18/h2-7,18H,1H3,(H,16,17)(H,19,20). The van der Waals surface area contributed by atoms with Crippen molar-refractivity contribution in [3.8, 4) is 5.75 Å². The number of benzene rings is 2. The van der Waals surface area contributed by atoms with Gasteiger partial charge in [-0.2, -0.15) is 0 Å². The molecule has 0 aliphatic heterocycles. The van der Waals surface area contributed by atoms with Crippen LogP contribution in [0, 0.1) is 6.92 Å². The summed E-state index contributed by atoms with van der Waals surface area (Å²) in [5.74, 6) is -1.20. The highest BCUT2D eigenvalue weighted by Gasteiger charge is 2.10. The molecule has 0 fully saturated rings. The third kappa shape index (κ3) is 2.66. The van der Waals surface area contributed by atoms with Gasteiger partial charge < -0.3 is 15.5 Å². The molecule has 2 aromatic carbocycles. The number of carboxylic acids is 1. The SMILES string of the molecule is Cc1ccc2nc(Nc3ccc(C(=O)O)cc3O)sc2c1. The molecule has 0 aliphatic carbocycles. The van der Waals surface area contributed by atoms with E-state index in [9.17, 15) is 9.90 Å². The molecule has 1 heterocycles. The molecule has 1 aromatic heterocycles. The van der Waals surface area contributed by atoms with Gasteiger partial charge in [-0.25, -0.2) is 9.78 Å². The average Bonchev–Trinajstić information content (AvgIpc) is 2.82. The molecular weight excluding hydrogens is 288 g/mol. The molecule has 0 saturated carbocycles. The molecule has 0 aliphatic rings. The number of thiazole rings is 1. The van der Waals surface area contributed by atoms with Gasteiger partial charge in [-0.3, -0.25) is 0 Å². The van der Waals surface area contributed by atoms with E-state index in [1.165, 1.54) is 29.5 Å². The molecule has 0 bridgehead atoms. The number of phenols is 1. The van der Waals surface area contributed by atoms with Crippen molar-refractivity contribution in [2.75, 3.05) is 5.32 Å². The molecule has 0 amide bonds. The number of aromatic hydroxyl groups is 1. The maximum absolute atomic E-state index is 10.8. The molecule has 3 rings (SSSR count). The number of nitrogens with zero attached hydrogens (tertiary/aromatic N) is 1. The van der Waals surface area contributed by atoms with Crippen LogP contribution in [0.1, 0.15) is 15.9 Å². The predicted octanol–water partition coefficient (Wildman–Crippen LogP) is 3.75. The van der Waals surface area contributed by atoms with Crippen LogP contribution in [-0.2, 0) is 0 Å². The molecular formula is C15H12N2O3S. The van der Waals surface area contributed by atoms with E-state index < -0.39 is 5.97 Å². The zero-order valence-electron chi connectivity index (χ0n) is 11.1. The van der Waals surface area contributed by atoms with Gasteiger partial charge in [0.05, 0.1) is 21.5 Å². The van der Waals surface area contributed by atoms with Crippen molar-refractivity contribution in [2.45, 2.75) is 6.92 Å². The number of fused-ring (bicyclic) bond motifs is 1. The van der Waals surface area contributed by atoms with Crippen LogP contribution >= 0.6 is 11.3 Å². The van der Waals surface area contributed by atoms with Crippen LogP contribution in [0.2, 0.25) is 0 Å². The highest BCUT2D eigenvalue weighted by molar-refractivity contribution is 7.22. The zero-order valence-corrected chi connectivity index (χ0v) is 11.9. The monoisotopic (exact) mass is 300 g/mol. The van der Waals surface area contributed by atoms with Crippen molar-refractivity contribution in [1.82, 2.24) is 4.98 Å². The van der Waals surface area contributed by atoms with Crippen molar-refractivity contribution >= 4 is 38.3 Å². The highest BCUT2D eigenvalue weighted by atomic mass is 32.1. The number of anilines is 2. The van der Waals surface area contributed by atoms with E-state index in [1.54, 1.807) is 0 Å². The molecule has 3 aromatic rings. The second-order valence-corrected chi connectivity index (χ2v) is 5.68. The van der Waals surface area contributed by atoms with Gasteiger partial charge >= 0.3 is 5.97 Å². The fourth-order valence-electron chi connectivity index (χ4n) is 1.97. The minimum Gasteiger partial charge on any atom is -0.506 e. The fourth-order valence-corrected chi connectivity index (χ4v) is 2.95. The molecule has 0 saturated heterocycles. The Hall–Kier alpha value is -2.60. The molecule has 0 radical (unpaired) electrons. The second kappa shape index (κ2) is 5.06. The van der Waals surface area contributed by atoms with E-state index in [2.05, 4.69) is 10.3 Å². The summed E-state index contributed by atoms with van der Waals surface area (Å²) in [6.45, 7) is 2.02. The minimum atomic E-state index is -1.08. The van der Waals surface area contributed by atoms with Crippen LogP contribution in [0.3, 0.4) is 0 Å². The zero-order chi connectivity index (χ0) is 15.0. The number of aromatic nitrogens is 1. The first-order valence-corrected chi connectivity index (χ1v) is 7.05. The third-order valence-electron chi connectivity index (χ3n) is 3.03. The molecule has 0 unspecified atom stereocenters. The number of hydrogen-bond donors (Lipinski definition) is 3. The van der Waals surface area contributed by atoms with Crippen LogP contribution in [0.4, 0.5) is 10.8 Å². The maximum atomic E-state index is 10.8. The molecule has 106 valence electrons. The number of carbonyl (C=O) groups is 1. The van der Waals surface area contributed by atoms with Gasteiger partial charge in [0, 0.05) is 0 Å². The van der Waals surface area contributed by atoms with Gasteiger partial charge in [-0.05, 0) is 42.8 Å². The van der Waals surface area contributed by atoms with Gasteiger partial charge in [0.1, 0.15) is 5.75 Å². The van der Waals surface area contributed by atoms with E-state index in [0.717, 1.165) is 15.8 Å². The lowest BCUT2D eigenvalue weighted by Gasteiger charge is -2.05. The Morgan fingerprint density at radius 3 is 2.76 bits per heavy atom. The van der Waals surface area contributed by atoms with Crippen molar-refractivity contribution < 1.29 is 15.0 Å². The first kappa shape index (κ1) is 13.4. The number of rotatable bonds is 3. The van der Waals surface area contributed by atoms with Gasteiger partial charge in [-0.1, -0.05) is 17.4 Å². The van der Waals surface area contributed by atoms with Crippen molar-refractivity contribution in [3.05, 3.63) is 47.5 Å². The Balaban J connectivity index is 1.93. The number of nitrogens with one attached hydrogen (secondary N) is 1.